The molecule has 2 aromatic carbocycles. The van der Waals surface area contributed by atoms with Gasteiger partial charge in [0.1, 0.15) is 5.82 Å². The van der Waals surface area contributed by atoms with Gasteiger partial charge in [0.05, 0.1) is 0 Å². The Kier molecular flexibility index (Phi) is 4.58. The lowest BCUT2D eigenvalue weighted by Gasteiger charge is -2.10. The van der Waals surface area contributed by atoms with Crippen LogP contribution in [0, 0.1) is 5.82 Å². The Balaban J connectivity index is 2.20. The lowest BCUT2D eigenvalue weighted by Crippen LogP contribution is -2.22. The van der Waals surface area contributed by atoms with E-state index in [0.717, 1.165) is 10.5 Å². The Labute approximate surface area is 115 Å². The first-order valence-electron chi connectivity index (χ1n) is 5.87. The largest absolute Gasteiger partial charge is 0.550 e. The summed E-state index contributed by atoms with van der Waals surface area (Å²) in [4.78, 5) is 11.9. The van der Waals surface area contributed by atoms with Crippen LogP contribution >= 0.6 is 11.8 Å². The van der Waals surface area contributed by atoms with Gasteiger partial charge in [0.15, 0.2) is 0 Å². The van der Waals surface area contributed by atoms with Gasteiger partial charge >= 0.3 is 0 Å². The third-order valence-electron chi connectivity index (χ3n) is 2.63. The fraction of sp³-hybridized carbons (Fsp3) is 0.133. The fourth-order valence-corrected chi connectivity index (χ4v) is 2.69. The van der Waals surface area contributed by atoms with Gasteiger partial charge in [0.25, 0.3) is 0 Å². The first-order valence-corrected chi connectivity index (χ1v) is 6.68. The highest BCUT2D eigenvalue weighted by molar-refractivity contribution is 7.99. The third-order valence-corrected chi connectivity index (χ3v) is 3.80. The van der Waals surface area contributed by atoms with Crippen LogP contribution in [0.3, 0.4) is 0 Å². The number of aryl methyl sites for hydroxylation is 1. The highest BCUT2D eigenvalue weighted by Crippen LogP contribution is 2.32. The highest BCUT2D eigenvalue weighted by Gasteiger charge is 2.07. The minimum absolute atomic E-state index is 0.0329. The predicted octanol–water partition coefficient (Wildman–Crippen LogP) is 2.66. The van der Waals surface area contributed by atoms with Gasteiger partial charge in [0, 0.05) is 15.8 Å². The van der Waals surface area contributed by atoms with Crippen molar-refractivity contribution in [1.29, 1.82) is 0 Å². The first-order chi connectivity index (χ1) is 9.16. The Morgan fingerprint density at radius 2 is 1.68 bits per heavy atom. The number of rotatable bonds is 5. The molecule has 4 heteroatoms. The molecule has 98 valence electrons. The molecular formula is C15H12FO2S-. The maximum absolute atomic E-state index is 13.6. The summed E-state index contributed by atoms with van der Waals surface area (Å²) in [5.74, 6) is -1.35. The van der Waals surface area contributed by atoms with E-state index in [4.69, 9.17) is 0 Å². The van der Waals surface area contributed by atoms with Gasteiger partial charge in [-0.25, -0.2) is 4.39 Å². The predicted molar refractivity (Wildman–Crippen MR) is 70.3 cm³/mol. The zero-order chi connectivity index (χ0) is 13.7. The van der Waals surface area contributed by atoms with E-state index < -0.39 is 5.97 Å². The molecule has 19 heavy (non-hydrogen) atoms. The number of carbonyl (C=O) groups excluding carboxylic acids is 1. The molecule has 0 aliphatic rings. The van der Waals surface area contributed by atoms with Crippen molar-refractivity contribution in [3.63, 3.8) is 0 Å². The molecule has 0 bridgehead atoms. The number of aliphatic carboxylic acids is 1. The van der Waals surface area contributed by atoms with Crippen LogP contribution in [0.2, 0.25) is 0 Å². The van der Waals surface area contributed by atoms with Crippen molar-refractivity contribution < 1.29 is 14.3 Å². The van der Waals surface area contributed by atoms with Crippen molar-refractivity contribution in [1.82, 2.24) is 0 Å². The van der Waals surface area contributed by atoms with Crippen molar-refractivity contribution in [3.8, 4) is 0 Å². The number of halogens is 1. The summed E-state index contributed by atoms with van der Waals surface area (Å²) in [6, 6.07) is 13.9. The Bertz CT molecular complexity index is 584. The maximum atomic E-state index is 13.6. The van der Waals surface area contributed by atoms with Crippen LogP contribution < -0.4 is 5.11 Å². The van der Waals surface area contributed by atoms with Gasteiger partial charge in [0.2, 0.25) is 0 Å². The SMILES string of the molecule is O=C([O-])CCc1ccccc1Sc1ccccc1F. The summed E-state index contributed by atoms with van der Waals surface area (Å²) in [5.41, 5.74) is 0.889. The molecule has 0 radical (unpaired) electrons. The van der Waals surface area contributed by atoms with E-state index in [2.05, 4.69) is 0 Å². The molecule has 0 N–H and O–H groups in total. The summed E-state index contributed by atoms with van der Waals surface area (Å²) in [5, 5.41) is 10.5. The Morgan fingerprint density at radius 1 is 1.05 bits per heavy atom. The van der Waals surface area contributed by atoms with Crippen LogP contribution in [0.15, 0.2) is 58.3 Å². The minimum atomic E-state index is -1.08. The molecule has 2 nitrogen and oxygen atoms in total. The van der Waals surface area contributed by atoms with E-state index in [0.29, 0.717) is 11.3 Å². The molecule has 0 spiro atoms. The Hall–Kier alpha value is -1.81. The zero-order valence-corrected chi connectivity index (χ0v) is 11.0. The summed E-state index contributed by atoms with van der Waals surface area (Å²) >= 11 is 1.30. The average molecular weight is 275 g/mol. The van der Waals surface area contributed by atoms with Crippen molar-refractivity contribution in [3.05, 3.63) is 59.9 Å². The molecule has 0 aliphatic heterocycles. The quantitative estimate of drug-likeness (QED) is 0.842. The molecule has 0 atom stereocenters. The van der Waals surface area contributed by atoms with Gasteiger partial charge < -0.3 is 9.90 Å². The molecular weight excluding hydrogens is 263 g/mol. The van der Waals surface area contributed by atoms with Gasteiger partial charge in [-0.3, -0.25) is 0 Å². The Morgan fingerprint density at radius 3 is 2.37 bits per heavy atom. The maximum Gasteiger partial charge on any atom is 0.137 e. The molecule has 0 fully saturated rings. The summed E-state index contributed by atoms with van der Waals surface area (Å²) in [6.45, 7) is 0. The van der Waals surface area contributed by atoms with Crippen LogP contribution in [0.5, 0.6) is 0 Å². The number of carbonyl (C=O) groups is 1. The fourth-order valence-electron chi connectivity index (χ4n) is 1.69. The normalized spacial score (nSPS) is 10.4. The number of hydrogen-bond acceptors (Lipinski definition) is 3. The number of hydrogen-bond donors (Lipinski definition) is 0. The van der Waals surface area contributed by atoms with Gasteiger partial charge in [-0.2, -0.15) is 0 Å². The van der Waals surface area contributed by atoms with Crippen molar-refractivity contribution in [2.75, 3.05) is 0 Å². The van der Waals surface area contributed by atoms with Crippen molar-refractivity contribution in [2.24, 2.45) is 0 Å². The third kappa shape index (κ3) is 3.83. The van der Waals surface area contributed by atoms with Crippen LogP contribution in [-0.2, 0) is 11.2 Å². The average Bonchev–Trinajstić information content (AvgIpc) is 2.40. The summed E-state index contributed by atoms with van der Waals surface area (Å²) in [7, 11) is 0. The van der Waals surface area contributed by atoms with Gasteiger partial charge in [-0.15, -0.1) is 0 Å². The molecule has 0 heterocycles. The van der Waals surface area contributed by atoms with Crippen LogP contribution in [0.25, 0.3) is 0 Å². The molecule has 2 aromatic rings. The second-order valence-electron chi connectivity index (χ2n) is 4.01. The molecule has 0 unspecified atom stereocenters. The second kappa shape index (κ2) is 6.38. The standard InChI is InChI=1S/C15H13FO2S/c16-12-6-2-4-8-14(12)19-13-7-3-1-5-11(13)9-10-15(17)18/h1-8H,9-10H2,(H,17,18)/p-1. The van der Waals surface area contributed by atoms with E-state index in [1.165, 1.54) is 17.8 Å². The topological polar surface area (TPSA) is 40.1 Å². The van der Waals surface area contributed by atoms with Crippen LogP contribution in [0.4, 0.5) is 4.39 Å². The molecule has 2 rings (SSSR count). The summed E-state index contributed by atoms with van der Waals surface area (Å²) in [6.07, 6.45) is 0.356. The zero-order valence-electron chi connectivity index (χ0n) is 10.1. The number of benzene rings is 2. The van der Waals surface area contributed by atoms with Crippen LogP contribution in [0.1, 0.15) is 12.0 Å². The lowest BCUT2D eigenvalue weighted by atomic mass is 10.1. The number of carboxylic acids is 1. The van der Waals surface area contributed by atoms with E-state index in [1.807, 2.05) is 24.3 Å². The first kappa shape index (κ1) is 13.6. The van der Waals surface area contributed by atoms with E-state index in [1.54, 1.807) is 18.2 Å². The van der Waals surface area contributed by atoms with E-state index in [9.17, 15) is 14.3 Å². The highest BCUT2D eigenvalue weighted by atomic mass is 32.2. The van der Waals surface area contributed by atoms with Crippen molar-refractivity contribution >= 4 is 17.7 Å². The minimum Gasteiger partial charge on any atom is -0.550 e. The smallest absolute Gasteiger partial charge is 0.137 e. The molecule has 0 saturated heterocycles. The van der Waals surface area contributed by atoms with Crippen LogP contribution in [-0.4, -0.2) is 5.97 Å². The van der Waals surface area contributed by atoms with Gasteiger partial charge in [-0.1, -0.05) is 42.1 Å². The lowest BCUT2D eigenvalue weighted by molar-refractivity contribution is -0.305. The monoisotopic (exact) mass is 275 g/mol. The second-order valence-corrected chi connectivity index (χ2v) is 5.10. The molecule has 0 aromatic heterocycles. The van der Waals surface area contributed by atoms with E-state index in [-0.39, 0.29) is 12.2 Å². The molecule has 0 saturated carbocycles. The van der Waals surface area contributed by atoms with Gasteiger partial charge in [-0.05, 0) is 36.6 Å². The van der Waals surface area contributed by atoms with E-state index >= 15 is 0 Å². The van der Waals surface area contributed by atoms with Crippen molar-refractivity contribution in [2.45, 2.75) is 22.6 Å². The molecule has 0 aliphatic carbocycles. The molecule has 0 amide bonds. The summed E-state index contributed by atoms with van der Waals surface area (Å²) < 4.78 is 13.6. The number of carboxylic acid groups (broad SMARTS) is 1.